The predicted octanol–water partition coefficient (Wildman–Crippen LogP) is 4.78. The van der Waals surface area contributed by atoms with Crippen LogP contribution in [0.3, 0.4) is 0 Å². The van der Waals surface area contributed by atoms with Crippen molar-refractivity contribution < 1.29 is 0 Å². The largest absolute Gasteiger partial charge is 0.339 e. The van der Waals surface area contributed by atoms with E-state index >= 15 is 0 Å². The maximum Gasteiger partial charge on any atom is 0.255 e. The van der Waals surface area contributed by atoms with Gasteiger partial charge in [0.15, 0.2) is 0 Å². The molecule has 0 aliphatic carbocycles. The molecule has 6 nitrogen and oxygen atoms in total. The second-order valence-electron chi connectivity index (χ2n) is 9.43. The Bertz CT molecular complexity index is 1340. The van der Waals surface area contributed by atoms with Crippen molar-refractivity contribution in [3.63, 3.8) is 0 Å². The van der Waals surface area contributed by atoms with Crippen LogP contribution in [0.25, 0.3) is 22.4 Å². The minimum atomic E-state index is -0.0651. The van der Waals surface area contributed by atoms with Gasteiger partial charge in [0.05, 0.1) is 5.69 Å². The summed E-state index contributed by atoms with van der Waals surface area (Å²) in [4.78, 5) is 23.9. The zero-order valence-corrected chi connectivity index (χ0v) is 20.5. The van der Waals surface area contributed by atoms with Crippen LogP contribution in [0.2, 0.25) is 0 Å². The Kier molecular flexibility index (Phi) is 6.47. The van der Waals surface area contributed by atoms with Crippen molar-refractivity contribution >= 4 is 5.95 Å². The molecule has 178 valence electrons. The lowest BCUT2D eigenvalue weighted by Gasteiger charge is -2.35. The average molecular weight is 466 g/mol. The summed E-state index contributed by atoms with van der Waals surface area (Å²) in [5, 5.41) is 3.63. The first kappa shape index (κ1) is 23.0. The summed E-state index contributed by atoms with van der Waals surface area (Å²) in [7, 11) is 1.79. The number of benzene rings is 2. The van der Waals surface area contributed by atoms with Crippen LogP contribution >= 0.6 is 0 Å². The molecule has 0 amide bonds. The normalized spacial score (nSPS) is 16.0. The van der Waals surface area contributed by atoms with Crippen molar-refractivity contribution in [2.75, 3.05) is 24.5 Å². The molecule has 2 aromatic heterocycles. The molecule has 35 heavy (non-hydrogen) atoms. The third kappa shape index (κ3) is 4.88. The van der Waals surface area contributed by atoms with Gasteiger partial charge in [0, 0.05) is 56.7 Å². The molecule has 0 unspecified atom stereocenters. The van der Waals surface area contributed by atoms with E-state index < -0.39 is 0 Å². The van der Waals surface area contributed by atoms with E-state index in [1.807, 2.05) is 12.1 Å². The molecular formula is C29H31N5O. The lowest BCUT2D eigenvalue weighted by Crippen LogP contribution is -2.47. The lowest BCUT2D eigenvalue weighted by atomic mass is 9.97. The molecule has 6 heteroatoms. The summed E-state index contributed by atoms with van der Waals surface area (Å²) in [5.41, 5.74) is 6.53. The Morgan fingerprint density at radius 1 is 0.914 bits per heavy atom. The number of aromatic nitrogens is 3. The number of pyridine rings is 1. The molecule has 1 N–H and O–H groups in total. The smallest absolute Gasteiger partial charge is 0.255 e. The van der Waals surface area contributed by atoms with E-state index in [-0.39, 0.29) is 11.6 Å². The maximum atomic E-state index is 12.7. The van der Waals surface area contributed by atoms with Gasteiger partial charge in [0.2, 0.25) is 5.95 Å². The number of hydrogen-bond acceptors (Lipinski definition) is 5. The number of rotatable bonds is 5. The van der Waals surface area contributed by atoms with Gasteiger partial charge in [-0.1, -0.05) is 62.4 Å². The molecule has 0 bridgehead atoms. The van der Waals surface area contributed by atoms with E-state index in [0.717, 1.165) is 25.2 Å². The molecule has 0 spiro atoms. The molecule has 1 fully saturated rings. The number of anilines is 1. The zero-order valence-electron chi connectivity index (χ0n) is 20.5. The Hall–Kier alpha value is -3.77. The topological polar surface area (TPSA) is 63.1 Å². The summed E-state index contributed by atoms with van der Waals surface area (Å²) >= 11 is 0. The third-order valence-electron chi connectivity index (χ3n) is 6.77. The van der Waals surface area contributed by atoms with Crippen molar-refractivity contribution in [2.45, 2.75) is 25.8 Å². The van der Waals surface area contributed by atoms with E-state index in [2.05, 4.69) is 77.6 Å². The number of piperazine rings is 1. The Labute approximate surface area is 206 Å². The van der Waals surface area contributed by atoms with E-state index in [1.165, 1.54) is 22.3 Å². The standard InChI is InChI=1S/C29H31N5O/c1-20(2)21-4-6-22(7-5-21)23-8-10-24(11-9-23)27-19-34(17-16-31-27)29-32-26(18-28(35)33(29)3)25-12-14-30-15-13-25/h4-15,18,20,27,31H,16-17,19H2,1-3H3/t27-/m1/s1. The first-order chi connectivity index (χ1) is 17.0. The molecule has 1 aliphatic heterocycles. The van der Waals surface area contributed by atoms with Crippen LogP contribution in [0.15, 0.2) is 83.9 Å². The fraction of sp³-hybridized carbons (Fsp3) is 0.276. The van der Waals surface area contributed by atoms with Gasteiger partial charge in [-0.3, -0.25) is 14.3 Å². The highest BCUT2D eigenvalue weighted by molar-refractivity contribution is 5.64. The monoisotopic (exact) mass is 465 g/mol. The summed E-state index contributed by atoms with van der Waals surface area (Å²) in [6.07, 6.45) is 3.44. The zero-order chi connectivity index (χ0) is 24.4. The number of hydrogen-bond donors (Lipinski definition) is 1. The fourth-order valence-corrected chi connectivity index (χ4v) is 4.60. The van der Waals surface area contributed by atoms with E-state index in [1.54, 1.807) is 30.1 Å². The van der Waals surface area contributed by atoms with E-state index in [4.69, 9.17) is 4.98 Å². The van der Waals surface area contributed by atoms with Crippen LogP contribution in [-0.2, 0) is 7.05 Å². The van der Waals surface area contributed by atoms with E-state index in [0.29, 0.717) is 17.6 Å². The van der Waals surface area contributed by atoms with Gasteiger partial charge in [0.1, 0.15) is 0 Å². The highest BCUT2D eigenvalue weighted by Crippen LogP contribution is 2.27. The van der Waals surface area contributed by atoms with Gasteiger partial charge >= 0.3 is 0 Å². The van der Waals surface area contributed by atoms with Gasteiger partial charge in [-0.25, -0.2) is 4.98 Å². The molecular weight excluding hydrogens is 434 g/mol. The molecule has 0 radical (unpaired) electrons. The Morgan fingerprint density at radius 3 is 2.23 bits per heavy atom. The molecule has 1 atom stereocenters. The summed E-state index contributed by atoms with van der Waals surface area (Å²) < 4.78 is 1.64. The van der Waals surface area contributed by atoms with Crippen LogP contribution in [0.4, 0.5) is 5.95 Å². The molecule has 5 rings (SSSR count). The van der Waals surface area contributed by atoms with Crippen molar-refractivity contribution in [2.24, 2.45) is 7.05 Å². The second kappa shape index (κ2) is 9.84. The van der Waals surface area contributed by atoms with Gasteiger partial charge < -0.3 is 10.2 Å². The summed E-state index contributed by atoms with van der Waals surface area (Å²) in [5.74, 6) is 1.23. The molecule has 4 aromatic rings. The van der Waals surface area contributed by atoms with Crippen molar-refractivity contribution in [1.82, 2.24) is 19.9 Å². The van der Waals surface area contributed by atoms with Gasteiger partial charge in [-0.05, 0) is 40.3 Å². The van der Waals surface area contributed by atoms with Crippen LogP contribution in [-0.4, -0.2) is 34.2 Å². The average Bonchev–Trinajstić information content (AvgIpc) is 2.91. The van der Waals surface area contributed by atoms with Crippen LogP contribution in [0.1, 0.15) is 36.9 Å². The third-order valence-corrected chi connectivity index (χ3v) is 6.77. The minimum absolute atomic E-state index is 0.0651. The van der Waals surface area contributed by atoms with Crippen LogP contribution in [0, 0.1) is 0 Å². The first-order valence-electron chi connectivity index (χ1n) is 12.2. The molecule has 2 aromatic carbocycles. The van der Waals surface area contributed by atoms with Gasteiger partial charge in [0.25, 0.3) is 5.56 Å². The van der Waals surface area contributed by atoms with Gasteiger partial charge in [-0.2, -0.15) is 0 Å². The SMILES string of the molecule is CC(C)c1ccc(-c2ccc([C@H]3CN(c4nc(-c5ccncc5)cc(=O)n4C)CCN3)cc2)cc1. The minimum Gasteiger partial charge on any atom is -0.339 e. The molecule has 0 saturated carbocycles. The quantitative estimate of drug-likeness (QED) is 0.459. The first-order valence-corrected chi connectivity index (χ1v) is 12.2. The van der Waals surface area contributed by atoms with Crippen molar-refractivity contribution in [3.05, 3.63) is 101 Å². The van der Waals surface area contributed by atoms with Crippen molar-refractivity contribution in [3.8, 4) is 22.4 Å². The van der Waals surface area contributed by atoms with Crippen LogP contribution < -0.4 is 15.8 Å². The van der Waals surface area contributed by atoms with Crippen molar-refractivity contribution in [1.29, 1.82) is 0 Å². The van der Waals surface area contributed by atoms with Gasteiger partial charge in [-0.15, -0.1) is 0 Å². The van der Waals surface area contributed by atoms with E-state index in [9.17, 15) is 4.79 Å². The van der Waals surface area contributed by atoms with Crippen LogP contribution in [0.5, 0.6) is 0 Å². The fourth-order valence-electron chi connectivity index (χ4n) is 4.60. The second-order valence-corrected chi connectivity index (χ2v) is 9.43. The summed E-state index contributed by atoms with van der Waals surface area (Å²) in [6.45, 7) is 6.78. The lowest BCUT2D eigenvalue weighted by molar-refractivity contribution is 0.462. The number of nitrogens with one attached hydrogen (secondary N) is 1. The maximum absolute atomic E-state index is 12.7. The Balaban J connectivity index is 1.37. The molecule has 3 heterocycles. The number of nitrogens with zero attached hydrogens (tertiary/aromatic N) is 4. The highest BCUT2D eigenvalue weighted by atomic mass is 16.1. The summed E-state index contributed by atoms with van der Waals surface area (Å²) in [6, 6.07) is 23.1. The molecule has 1 aliphatic rings. The highest BCUT2D eigenvalue weighted by Gasteiger charge is 2.24. The Morgan fingerprint density at radius 2 is 1.57 bits per heavy atom. The molecule has 1 saturated heterocycles. The predicted molar refractivity (Wildman–Crippen MR) is 142 cm³/mol.